The van der Waals surface area contributed by atoms with E-state index in [0.29, 0.717) is 32.4 Å². The highest BCUT2D eigenvalue weighted by Crippen LogP contribution is 2.84. The molecule has 13 heteroatoms. The molecule has 16 unspecified atom stereocenters. The fraction of sp³-hybridized carbons (Fsp3) is 0.775. The van der Waals surface area contributed by atoms with Crippen molar-refractivity contribution < 1.29 is 63.4 Å². The Morgan fingerprint density at radius 1 is 1.00 bits per heavy atom. The lowest BCUT2D eigenvalue weighted by Crippen LogP contribution is -3.22. The summed E-state index contributed by atoms with van der Waals surface area (Å²) in [5.74, 6) is -5.12. The van der Waals surface area contributed by atoms with Gasteiger partial charge in [0.15, 0.2) is 5.60 Å². The number of hydrogen-bond donors (Lipinski definition) is 5. The third-order valence-corrected chi connectivity index (χ3v) is 15.7. The second-order valence-electron chi connectivity index (χ2n) is 17.4. The Hall–Kier alpha value is -2.65. The number of aliphatic hydroxyl groups is 3. The minimum Gasteiger partial charge on any atom is -0.481 e. The number of nitrogens with one attached hydrogen (secondary N) is 1. The van der Waals surface area contributed by atoms with Crippen molar-refractivity contribution in [2.75, 3.05) is 41.0 Å². The van der Waals surface area contributed by atoms with Crippen LogP contribution in [0.4, 0.5) is 0 Å². The Kier molecular flexibility index (Phi) is 9.12. The van der Waals surface area contributed by atoms with E-state index in [-0.39, 0.29) is 37.9 Å². The Labute approximate surface area is 310 Å². The topological polar surface area (TPSA) is 183 Å². The van der Waals surface area contributed by atoms with Crippen LogP contribution in [0.15, 0.2) is 30.3 Å². The van der Waals surface area contributed by atoms with Crippen LogP contribution in [0.25, 0.3) is 0 Å². The number of carboxylic acid groups (broad SMARTS) is 1. The molecule has 7 fully saturated rings. The quantitative estimate of drug-likeness (QED) is 0.227. The van der Waals surface area contributed by atoms with Gasteiger partial charge in [0.1, 0.15) is 30.0 Å². The molecule has 7 aliphatic rings. The molecule has 1 aromatic rings. The molecule has 7 bridgehead atoms. The Balaban J connectivity index is 1.49. The summed E-state index contributed by atoms with van der Waals surface area (Å²) in [6.07, 6.45) is -2.53. The standard InChI is InChI=1S/C40H55NO12/c1-5-41-20-37(21-49-2)24(42)17-25(50-3)39-23-18-38(48)32(52-34(47)22-13-9-8-10-14-22)28(23)40(31(46)33(38)51-4)29(30(39)41)36(35(37)39,19-26(43)44)16-12-7-6-11-15-27(45)53-40/h8-10,13-14,23-25,28-33,35,42,46,48H,5-7,11-12,15-21H2,1-4H3,(H,43,44)/p+1. The summed E-state index contributed by atoms with van der Waals surface area (Å²) in [4.78, 5) is 43.0. The van der Waals surface area contributed by atoms with Crippen molar-refractivity contribution in [2.24, 2.45) is 39.9 Å². The molecule has 2 saturated heterocycles. The number of benzene rings is 1. The minimum absolute atomic E-state index is 0.0121. The number of likely N-dealkylation sites (tertiary alicyclic amines) is 1. The van der Waals surface area contributed by atoms with Gasteiger partial charge in [0, 0.05) is 40.1 Å². The van der Waals surface area contributed by atoms with E-state index in [4.69, 9.17) is 23.7 Å². The van der Waals surface area contributed by atoms with Crippen LogP contribution in [0.5, 0.6) is 0 Å². The molecule has 8 rings (SSSR count). The maximum absolute atomic E-state index is 14.3. The van der Waals surface area contributed by atoms with Crippen molar-refractivity contribution in [3.63, 3.8) is 0 Å². The van der Waals surface area contributed by atoms with Crippen LogP contribution in [0.2, 0.25) is 0 Å². The fourth-order valence-corrected chi connectivity index (χ4v) is 14.8. The molecular weight excluding hydrogens is 686 g/mol. The van der Waals surface area contributed by atoms with E-state index in [2.05, 4.69) is 6.92 Å². The zero-order valence-electron chi connectivity index (χ0n) is 31.2. The summed E-state index contributed by atoms with van der Waals surface area (Å²) in [7, 11) is 4.61. The number of rotatable bonds is 9. The maximum atomic E-state index is 14.3. The van der Waals surface area contributed by atoms with Crippen LogP contribution in [-0.2, 0) is 33.3 Å². The molecule has 13 nitrogen and oxygen atoms in total. The van der Waals surface area contributed by atoms with Gasteiger partial charge < -0.3 is 49.0 Å². The maximum Gasteiger partial charge on any atom is 0.338 e. The van der Waals surface area contributed by atoms with Crippen molar-refractivity contribution in [3.8, 4) is 0 Å². The van der Waals surface area contributed by atoms with Crippen molar-refractivity contribution in [3.05, 3.63) is 35.9 Å². The fourth-order valence-electron chi connectivity index (χ4n) is 14.8. The van der Waals surface area contributed by atoms with Crippen LogP contribution >= 0.6 is 0 Å². The number of aliphatic carboxylic acids is 1. The number of methoxy groups -OCH3 is 3. The largest absolute Gasteiger partial charge is 0.481 e. The SMILES string of the molecule is CC[NH+]1CC2(COC)C(O)CC(OC)C34C5CC6(O)C(OC)C(O)C7(OC(=O)CCCCCCC(CC(=O)O)(C7C13)C24)C5C6OC(=O)c1ccccc1. The molecule has 53 heavy (non-hydrogen) atoms. The summed E-state index contributed by atoms with van der Waals surface area (Å²) in [5.41, 5.74) is -6.46. The van der Waals surface area contributed by atoms with Crippen LogP contribution in [0, 0.1) is 39.9 Å². The molecular formula is C40H56NO12+. The van der Waals surface area contributed by atoms with Crippen LogP contribution in [-0.4, -0.2) is 127 Å². The number of esters is 2. The number of aliphatic hydroxyl groups excluding tert-OH is 2. The summed E-state index contributed by atoms with van der Waals surface area (Å²) < 4.78 is 32.0. The predicted octanol–water partition coefficient (Wildman–Crippen LogP) is 1.01. The highest BCUT2D eigenvalue weighted by atomic mass is 16.6. The zero-order chi connectivity index (χ0) is 37.7. The van der Waals surface area contributed by atoms with Crippen LogP contribution in [0.1, 0.15) is 75.1 Å². The van der Waals surface area contributed by atoms with Crippen molar-refractivity contribution >= 4 is 17.9 Å². The number of fused-ring (bicyclic) bond motifs is 1. The van der Waals surface area contributed by atoms with E-state index in [1.54, 1.807) is 44.6 Å². The van der Waals surface area contributed by atoms with Crippen LogP contribution < -0.4 is 4.90 Å². The molecule has 0 aromatic heterocycles. The molecule has 2 spiro atoms. The molecule has 0 radical (unpaired) electrons. The molecule has 16 atom stereocenters. The van der Waals surface area contributed by atoms with Gasteiger partial charge in [-0.2, -0.15) is 0 Å². The molecule has 2 heterocycles. The predicted molar refractivity (Wildman–Crippen MR) is 186 cm³/mol. The summed E-state index contributed by atoms with van der Waals surface area (Å²) in [6, 6.07) is 8.06. The van der Waals surface area contributed by atoms with Crippen molar-refractivity contribution in [1.82, 2.24) is 0 Å². The highest BCUT2D eigenvalue weighted by Gasteiger charge is 2.96. The number of ether oxygens (including phenoxy) is 5. The summed E-state index contributed by atoms with van der Waals surface area (Å²) in [6.45, 7) is 3.29. The van der Waals surface area contributed by atoms with Crippen LogP contribution in [0.3, 0.4) is 0 Å². The molecule has 5 saturated carbocycles. The summed E-state index contributed by atoms with van der Waals surface area (Å²) in [5, 5.41) is 49.6. The normalized spacial score (nSPS) is 49.4. The molecule has 5 aliphatic carbocycles. The third-order valence-electron chi connectivity index (χ3n) is 15.7. The lowest BCUT2D eigenvalue weighted by atomic mass is 9.41. The first-order chi connectivity index (χ1) is 25.4. The first kappa shape index (κ1) is 37.3. The average Bonchev–Trinajstić information content (AvgIpc) is 3.47. The number of quaternary nitrogens is 1. The third kappa shape index (κ3) is 4.58. The summed E-state index contributed by atoms with van der Waals surface area (Å²) >= 11 is 0. The van der Waals surface area contributed by atoms with Gasteiger partial charge in [0.05, 0.1) is 60.6 Å². The van der Waals surface area contributed by atoms with Crippen molar-refractivity contribution in [2.45, 2.75) is 112 Å². The van der Waals surface area contributed by atoms with Gasteiger partial charge in [-0.1, -0.05) is 37.5 Å². The molecule has 1 aromatic carbocycles. The zero-order valence-corrected chi connectivity index (χ0v) is 31.2. The van der Waals surface area contributed by atoms with Gasteiger partial charge in [-0.3, -0.25) is 9.59 Å². The van der Waals surface area contributed by atoms with Gasteiger partial charge >= 0.3 is 17.9 Å². The van der Waals surface area contributed by atoms with Gasteiger partial charge in [0.2, 0.25) is 0 Å². The molecule has 292 valence electrons. The van der Waals surface area contributed by atoms with Gasteiger partial charge in [-0.05, 0) is 55.6 Å². The first-order valence-electron chi connectivity index (χ1n) is 19.6. The monoisotopic (exact) mass is 742 g/mol. The molecule has 5 N–H and O–H groups in total. The van der Waals surface area contributed by atoms with E-state index >= 15 is 0 Å². The van der Waals surface area contributed by atoms with Gasteiger partial charge in [0.25, 0.3) is 0 Å². The van der Waals surface area contributed by atoms with E-state index in [0.717, 1.165) is 17.7 Å². The van der Waals surface area contributed by atoms with Gasteiger partial charge in [-0.25, -0.2) is 4.79 Å². The average molecular weight is 743 g/mol. The van der Waals surface area contributed by atoms with Crippen molar-refractivity contribution in [1.29, 1.82) is 0 Å². The van der Waals surface area contributed by atoms with Gasteiger partial charge in [-0.15, -0.1) is 0 Å². The number of carbonyl (C=O) groups excluding carboxylic acids is 2. The number of piperidine rings is 1. The molecule has 2 aliphatic heterocycles. The second kappa shape index (κ2) is 13.0. The lowest BCUT2D eigenvalue weighted by Gasteiger charge is -2.68. The number of hydrogen-bond acceptors (Lipinski definition) is 11. The first-order valence-corrected chi connectivity index (χ1v) is 19.6. The van der Waals surface area contributed by atoms with E-state index in [9.17, 15) is 34.8 Å². The minimum atomic E-state index is -1.91. The second-order valence-corrected chi connectivity index (χ2v) is 17.4. The highest BCUT2D eigenvalue weighted by molar-refractivity contribution is 5.89. The van der Waals surface area contributed by atoms with E-state index < -0.39 is 106 Å². The Morgan fingerprint density at radius 2 is 1.74 bits per heavy atom. The van der Waals surface area contributed by atoms with E-state index in [1.165, 1.54) is 7.11 Å². The Morgan fingerprint density at radius 3 is 2.40 bits per heavy atom. The smallest absolute Gasteiger partial charge is 0.338 e. The lowest BCUT2D eigenvalue weighted by molar-refractivity contribution is -0.954. The Bertz CT molecular complexity index is 1610. The number of carbonyl (C=O) groups is 3. The van der Waals surface area contributed by atoms with E-state index in [1.807, 2.05) is 0 Å². The molecule has 0 amide bonds. The number of carboxylic acids is 1.